The van der Waals surface area contributed by atoms with Crippen LogP contribution in [0.4, 0.5) is 22.7 Å². The van der Waals surface area contributed by atoms with E-state index in [-0.39, 0.29) is 33.9 Å². The Morgan fingerprint density at radius 2 is 0.796 bits per heavy atom. The molecule has 0 saturated heterocycles. The fraction of sp³-hybridized carbons (Fsp3) is 0. The predicted molar refractivity (Wildman–Crippen MR) is 197 cm³/mol. The van der Waals surface area contributed by atoms with Crippen LogP contribution in [-0.2, 0) is 29.8 Å². The Kier molecular flexibility index (Phi) is 9.76. The third-order valence-electron chi connectivity index (χ3n) is 7.88. The van der Waals surface area contributed by atoms with Gasteiger partial charge in [-0.1, -0.05) is 24.3 Å². The topological polar surface area (TPSA) is 266 Å². The van der Waals surface area contributed by atoms with E-state index in [0.717, 1.165) is 24.3 Å². The lowest BCUT2D eigenvalue weighted by molar-refractivity contribution is -0.132. The first-order valence-electron chi connectivity index (χ1n) is 15.4. The number of rotatable bonds is 8. The van der Waals surface area contributed by atoms with Crippen LogP contribution in [-0.4, -0.2) is 59.8 Å². The van der Waals surface area contributed by atoms with Crippen molar-refractivity contribution < 1.29 is 55.3 Å². The summed E-state index contributed by atoms with van der Waals surface area (Å²) in [4.78, 5) is 50.2. The van der Waals surface area contributed by atoms with Crippen molar-refractivity contribution in [1.82, 2.24) is 0 Å². The second kappa shape index (κ2) is 14.3. The molecule has 16 nitrogen and oxygen atoms in total. The van der Waals surface area contributed by atoms with Gasteiger partial charge in [0.1, 0.15) is 21.3 Å². The number of hydrogen-bond donors (Lipinski definition) is 8. The van der Waals surface area contributed by atoms with Crippen molar-refractivity contribution in [1.29, 1.82) is 0 Å². The predicted octanol–water partition coefficient (Wildman–Crippen LogP) is 4.98. The fourth-order valence-electron chi connectivity index (χ4n) is 5.36. The summed E-state index contributed by atoms with van der Waals surface area (Å²) in [6.07, 6.45) is 0. The molecule has 0 aliphatic rings. The summed E-state index contributed by atoms with van der Waals surface area (Å²) >= 11 is 0. The summed E-state index contributed by atoms with van der Waals surface area (Å²) in [5.41, 5.74) is 0.978. The summed E-state index contributed by atoms with van der Waals surface area (Å²) in [7, 11) is -9.32. The van der Waals surface area contributed by atoms with Crippen LogP contribution in [0.3, 0.4) is 0 Å². The molecule has 54 heavy (non-hydrogen) atoms. The van der Waals surface area contributed by atoms with Crippen molar-refractivity contribution in [2.24, 2.45) is 0 Å². The average molecular weight is 771 g/mol. The van der Waals surface area contributed by atoms with Gasteiger partial charge in [0.2, 0.25) is 0 Å². The van der Waals surface area contributed by atoms with Gasteiger partial charge in [0.15, 0.2) is 0 Å². The van der Waals surface area contributed by atoms with Gasteiger partial charge in [-0.05, 0) is 106 Å². The molecule has 0 aliphatic carbocycles. The molecule has 0 heterocycles. The van der Waals surface area contributed by atoms with Crippen LogP contribution in [0.2, 0.25) is 0 Å². The van der Waals surface area contributed by atoms with Gasteiger partial charge in [0.05, 0.1) is 0 Å². The molecule has 274 valence electrons. The second-order valence-corrected chi connectivity index (χ2v) is 14.5. The number of phenolic OH excluding ortho intramolecular Hbond substituents is 2. The highest BCUT2D eigenvalue weighted by atomic mass is 32.2. The Morgan fingerprint density at radius 3 is 1.17 bits per heavy atom. The van der Waals surface area contributed by atoms with E-state index in [1.54, 1.807) is 0 Å². The van der Waals surface area contributed by atoms with Crippen LogP contribution in [0.1, 0.15) is 20.7 Å². The van der Waals surface area contributed by atoms with Crippen molar-refractivity contribution >= 4 is 88.2 Å². The second-order valence-electron chi connectivity index (χ2n) is 11.7. The molecule has 18 heteroatoms. The Morgan fingerprint density at radius 1 is 0.426 bits per heavy atom. The number of anilines is 4. The SMILES string of the molecule is O=C(Nc1cccc(C(=O)Nc2ccc3cc(S(=O)(=O)O)c(O)cc3c2)c1)C(=O)Nc1cccc(C(=O)Nc2ccc3cc(S(=O)(=O)O)c(O)cc3c2)c1. The fourth-order valence-corrected chi connectivity index (χ4v) is 6.56. The van der Waals surface area contributed by atoms with E-state index >= 15 is 0 Å². The van der Waals surface area contributed by atoms with E-state index in [0.29, 0.717) is 21.5 Å². The zero-order valence-corrected chi connectivity index (χ0v) is 28.9. The molecule has 0 spiro atoms. The van der Waals surface area contributed by atoms with Crippen molar-refractivity contribution in [2.45, 2.75) is 9.79 Å². The minimum absolute atomic E-state index is 0.0997. The molecule has 4 amide bonds. The van der Waals surface area contributed by atoms with E-state index in [1.807, 2.05) is 0 Å². The third kappa shape index (κ3) is 8.27. The van der Waals surface area contributed by atoms with E-state index in [4.69, 9.17) is 0 Å². The van der Waals surface area contributed by atoms with Crippen LogP contribution in [0.25, 0.3) is 21.5 Å². The van der Waals surface area contributed by atoms with Crippen LogP contribution >= 0.6 is 0 Å². The lowest BCUT2D eigenvalue weighted by Gasteiger charge is -2.11. The summed E-state index contributed by atoms with van der Waals surface area (Å²) in [6.45, 7) is 0. The molecule has 0 fully saturated rings. The highest BCUT2D eigenvalue weighted by Crippen LogP contribution is 2.32. The summed E-state index contributed by atoms with van der Waals surface area (Å²) in [5, 5.41) is 31.6. The minimum Gasteiger partial charge on any atom is -0.506 e. The van der Waals surface area contributed by atoms with E-state index < -0.39 is 65.2 Å². The van der Waals surface area contributed by atoms with Crippen molar-refractivity contribution in [3.8, 4) is 11.5 Å². The van der Waals surface area contributed by atoms with Gasteiger partial charge in [-0.3, -0.25) is 28.3 Å². The van der Waals surface area contributed by atoms with E-state index in [9.17, 15) is 55.3 Å². The molecular weight excluding hydrogens is 745 g/mol. The zero-order valence-electron chi connectivity index (χ0n) is 27.3. The maximum absolute atomic E-state index is 13.0. The molecule has 0 aliphatic heterocycles. The first-order chi connectivity index (χ1) is 25.4. The van der Waals surface area contributed by atoms with Gasteiger partial charge in [0, 0.05) is 33.9 Å². The molecule has 0 bridgehead atoms. The van der Waals surface area contributed by atoms with Crippen LogP contribution in [0.5, 0.6) is 11.5 Å². The maximum atomic E-state index is 13.0. The number of phenols is 2. The van der Waals surface area contributed by atoms with E-state index in [2.05, 4.69) is 21.3 Å². The molecule has 6 rings (SSSR count). The largest absolute Gasteiger partial charge is 0.506 e. The highest BCUT2D eigenvalue weighted by molar-refractivity contribution is 7.86. The molecule has 0 atom stereocenters. The number of nitrogens with one attached hydrogen (secondary N) is 4. The smallest absolute Gasteiger partial charge is 0.314 e. The Hall–Kier alpha value is -6.86. The standard InChI is InChI=1S/C36H26N4O12S2/c41-29-15-23-13-27(9-7-19(23)17-31(29)53(47,48)49)37-33(43)21-3-1-5-25(11-21)39-35(45)36(46)40-26-6-2-4-22(12-26)34(44)38-28-10-8-20-18-32(54(50,51)52)30(42)16-24(20)14-28/h1-18,41-42H,(H,37,43)(H,38,44)(H,39,45)(H,40,46)(H,47,48,49)(H,50,51,52). The number of aromatic hydroxyl groups is 2. The molecule has 0 saturated carbocycles. The molecule has 0 aromatic heterocycles. The van der Waals surface area contributed by atoms with Crippen molar-refractivity contribution in [3.63, 3.8) is 0 Å². The maximum Gasteiger partial charge on any atom is 0.314 e. The molecule has 6 aromatic rings. The monoisotopic (exact) mass is 770 g/mol. The summed E-state index contributed by atoms with van der Waals surface area (Å²) in [5.74, 6) is -4.73. The van der Waals surface area contributed by atoms with E-state index in [1.165, 1.54) is 84.9 Å². The van der Waals surface area contributed by atoms with Crippen LogP contribution < -0.4 is 21.3 Å². The first-order valence-corrected chi connectivity index (χ1v) is 18.3. The van der Waals surface area contributed by atoms with Crippen LogP contribution in [0.15, 0.2) is 119 Å². The lowest BCUT2D eigenvalue weighted by atomic mass is 10.1. The number of carbonyl (C=O) groups excluding carboxylic acids is 4. The normalized spacial score (nSPS) is 11.5. The van der Waals surface area contributed by atoms with Gasteiger partial charge < -0.3 is 31.5 Å². The van der Waals surface area contributed by atoms with Gasteiger partial charge in [0.25, 0.3) is 32.1 Å². The number of fused-ring (bicyclic) bond motifs is 2. The third-order valence-corrected chi connectivity index (χ3v) is 9.64. The van der Waals surface area contributed by atoms with Crippen molar-refractivity contribution in [2.75, 3.05) is 21.3 Å². The molecule has 8 N–H and O–H groups in total. The number of benzene rings is 6. The molecule has 0 unspecified atom stereocenters. The zero-order chi connectivity index (χ0) is 38.9. The quantitative estimate of drug-likeness (QED) is 0.0753. The van der Waals surface area contributed by atoms with Gasteiger partial charge in [-0.2, -0.15) is 16.8 Å². The van der Waals surface area contributed by atoms with Gasteiger partial charge in [-0.15, -0.1) is 0 Å². The van der Waals surface area contributed by atoms with Crippen LogP contribution in [0, 0.1) is 0 Å². The highest BCUT2D eigenvalue weighted by Gasteiger charge is 2.20. The number of hydrogen-bond acceptors (Lipinski definition) is 10. The summed E-state index contributed by atoms with van der Waals surface area (Å²) in [6, 6.07) is 24.6. The number of amides is 4. The Labute approximate surface area is 305 Å². The molecule has 6 aromatic carbocycles. The Balaban J connectivity index is 1.08. The first kappa shape index (κ1) is 36.9. The summed E-state index contributed by atoms with van der Waals surface area (Å²) < 4.78 is 64.5. The average Bonchev–Trinajstić information content (AvgIpc) is 3.10. The molecular formula is C36H26N4O12S2. The minimum atomic E-state index is -4.66. The lowest BCUT2D eigenvalue weighted by Crippen LogP contribution is -2.29. The Bertz CT molecular complexity index is 2600. The van der Waals surface area contributed by atoms with Gasteiger partial charge in [-0.25, -0.2) is 0 Å². The van der Waals surface area contributed by atoms with Crippen molar-refractivity contribution in [3.05, 3.63) is 120 Å². The molecule has 0 radical (unpaired) electrons. The number of carbonyl (C=O) groups is 4. The van der Waals surface area contributed by atoms with Gasteiger partial charge >= 0.3 is 11.8 Å².